The zero-order valence-electron chi connectivity index (χ0n) is 12.5. The molecule has 0 spiro atoms. The molecule has 4 nitrogen and oxygen atoms in total. The van der Waals surface area contributed by atoms with Gasteiger partial charge in [-0.1, -0.05) is 36.4 Å². The van der Waals surface area contributed by atoms with Gasteiger partial charge in [-0.25, -0.2) is 4.39 Å². The maximum Gasteiger partial charge on any atom is 0.292 e. The fraction of sp³-hybridized carbons (Fsp3) is 0.111. The molecule has 1 amide bonds. The van der Waals surface area contributed by atoms with E-state index in [9.17, 15) is 14.0 Å². The second kappa shape index (κ2) is 6.04. The normalized spacial score (nSPS) is 10.7. The number of hydrogen-bond acceptors (Lipinski definition) is 2. The topological polar surface area (TPSA) is 62.0 Å². The number of benzene rings is 2. The molecule has 1 heterocycles. The van der Waals surface area contributed by atoms with Crippen molar-refractivity contribution < 1.29 is 14.0 Å². The molecule has 0 bridgehead atoms. The molecule has 23 heavy (non-hydrogen) atoms. The first-order valence-corrected chi connectivity index (χ1v) is 7.21. The molecule has 2 N–H and O–H groups in total. The summed E-state index contributed by atoms with van der Waals surface area (Å²) < 4.78 is 13.5. The van der Waals surface area contributed by atoms with Gasteiger partial charge in [0.05, 0.1) is 5.56 Å². The molecule has 0 unspecified atom stereocenters. The van der Waals surface area contributed by atoms with Crippen LogP contribution in [-0.4, -0.2) is 16.7 Å². The summed E-state index contributed by atoms with van der Waals surface area (Å²) in [6.07, 6.45) is 0. The third-order valence-corrected chi connectivity index (χ3v) is 3.72. The summed E-state index contributed by atoms with van der Waals surface area (Å²) >= 11 is 0. The number of rotatable bonds is 4. The average molecular weight is 310 g/mol. The molecule has 0 atom stereocenters. The van der Waals surface area contributed by atoms with Crippen molar-refractivity contribution in [1.29, 1.82) is 0 Å². The molecule has 3 aromatic rings. The van der Waals surface area contributed by atoms with Crippen LogP contribution in [0, 0.1) is 12.7 Å². The van der Waals surface area contributed by atoms with Crippen LogP contribution in [0.2, 0.25) is 0 Å². The van der Waals surface area contributed by atoms with E-state index in [0.29, 0.717) is 22.2 Å². The Balaban J connectivity index is 1.81. The van der Waals surface area contributed by atoms with Crippen molar-refractivity contribution in [2.24, 2.45) is 0 Å². The van der Waals surface area contributed by atoms with Gasteiger partial charge in [0.15, 0.2) is 0 Å². The van der Waals surface area contributed by atoms with Crippen LogP contribution in [0.3, 0.4) is 0 Å². The predicted octanol–water partition coefficient (Wildman–Crippen LogP) is 3.11. The number of aromatic amines is 1. The summed E-state index contributed by atoms with van der Waals surface area (Å²) in [5.74, 6) is -1.79. The number of H-pyrrole nitrogens is 1. The summed E-state index contributed by atoms with van der Waals surface area (Å²) in [5, 5.41) is 3.18. The molecule has 3 rings (SSSR count). The number of ketones is 1. The van der Waals surface area contributed by atoms with Crippen molar-refractivity contribution in [2.45, 2.75) is 13.5 Å². The van der Waals surface area contributed by atoms with E-state index in [1.807, 2.05) is 18.2 Å². The molecule has 0 aliphatic carbocycles. The molecule has 0 aliphatic rings. The van der Waals surface area contributed by atoms with Gasteiger partial charge in [-0.2, -0.15) is 0 Å². The minimum atomic E-state index is -0.749. The molecule has 0 fully saturated rings. The average Bonchev–Trinajstić information content (AvgIpc) is 2.89. The zero-order chi connectivity index (χ0) is 16.4. The lowest BCUT2D eigenvalue weighted by Gasteiger charge is -2.06. The smallest absolute Gasteiger partial charge is 0.292 e. The third-order valence-electron chi connectivity index (χ3n) is 3.72. The van der Waals surface area contributed by atoms with Crippen LogP contribution < -0.4 is 5.32 Å². The number of carbonyl (C=O) groups is 2. The Morgan fingerprint density at radius 1 is 1.09 bits per heavy atom. The summed E-state index contributed by atoms with van der Waals surface area (Å²) in [7, 11) is 0. The van der Waals surface area contributed by atoms with Crippen LogP contribution in [0.4, 0.5) is 4.39 Å². The lowest BCUT2D eigenvalue weighted by atomic mass is 10.1. The quantitative estimate of drug-likeness (QED) is 0.574. The Kier molecular flexibility index (Phi) is 3.93. The van der Waals surface area contributed by atoms with Crippen molar-refractivity contribution in [3.8, 4) is 0 Å². The molecule has 0 radical (unpaired) electrons. The molecule has 0 saturated carbocycles. The highest BCUT2D eigenvalue weighted by atomic mass is 19.1. The van der Waals surface area contributed by atoms with Gasteiger partial charge in [0.1, 0.15) is 5.82 Å². The van der Waals surface area contributed by atoms with E-state index in [0.717, 1.165) is 5.52 Å². The lowest BCUT2D eigenvalue weighted by molar-refractivity contribution is -0.117. The van der Waals surface area contributed by atoms with Crippen molar-refractivity contribution >= 4 is 22.6 Å². The standard InChI is InChI=1S/C18H15FN2O2/c1-11-16(13-7-3-5-9-15(13)21-11)17(22)18(23)20-10-12-6-2-4-8-14(12)19/h2-9,21H,10H2,1H3,(H,20,23). The van der Waals surface area contributed by atoms with E-state index in [1.54, 1.807) is 31.2 Å². The Labute approximate surface area is 132 Å². The van der Waals surface area contributed by atoms with Gasteiger partial charge in [-0.15, -0.1) is 0 Å². The highest BCUT2D eigenvalue weighted by Gasteiger charge is 2.22. The van der Waals surface area contributed by atoms with Gasteiger partial charge in [-0.3, -0.25) is 9.59 Å². The third kappa shape index (κ3) is 2.85. The van der Waals surface area contributed by atoms with Crippen LogP contribution in [0.25, 0.3) is 10.9 Å². The molecule has 0 saturated heterocycles. The Morgan fingerprint density at radius 2 is 1.78 bits per heavy atom. The van der Waals surface area contributed by atoms with Crippen molar-refractivity contribution in [2.75, 3.05) is 0 Å². The van der Waals surface area contributed by atoms with E-state index >= 15 is 0 Å². The van der Waals surface area contributed by atoms with Crippen LogP contribution >= 0.6 is 0 Å². The number of amides is 1. The lowest BCUT2D eigenvalue weighted by Crippen LogP contribution is -2.31. The number of hydrogen-bond donors (Lipinski definition) is 2. The fourth-order valence-electron chi connectivity index (χ4n) is 2.58. The Morgan fingerprint density at radius 3 is 2.57 bits per heavy atom. The predicted molar refractivity (Wildman–Crippen MR) is 85.6 cm³/mol. The largest absolute Gasteiger partial charge is 0.358 e. The van der Waals surface area contributed by atoms with Crippen LogP contribution in [0.15, 0.2) is 48.5 Å². The molecule has 2 aromatic carbocycles. The maximum absolute atomic E-state index is 13.5. The van der Waals surface area contributed by atoms with Crippen molar-refractivity contribution in [3.63, 3.8) is 0 Å². The SMILES string of the molecule is Cc1[nH]c2ccccc2c1C(=O)C(=O)NCc1ccccc1F. The van der Waals surface area contributed by atoms with E-state index in [1.165, 1.54) is 6.07 Å². The second-order valence-electron chi connectivity index (χ2n) is 5.27. The van der Waals surface area contributed by atoms with E-state index in [4.69, 9.17) is 0 Å². The molecule has 5 heteroatoms. The van der Waals surface area contributed by atoms with Crippen molar-refractivity contribution in [3.05, 3.63) is 71.2 Å². The molecular weight excluding hydrogens is 295 g/mol. The molecule has 0 aliphatic heterocycles. The maximum atomic E-state index is 13.5. The molecular formula is C18H15FN2O2. The summed E-state index contributed by atoms with van der Waals surface area (Å²) in [6.45, 7) is 1.72. The van der Waals surface area contributed by atoms with Gasteiger partial charge >= 0.3 is 0 Å². The number of aryl methyl sites for hydroxylation is 1. The van der Waals surface area contributed by atoms with Crippen LogP contribution in [0.1, 0.15) is 21.6 Å². The summed E-state index contributed by atoms with van der Waals surface area (Å²) in [5.41, 5.74) is 2.13. The Bertz CT molecular complexity index is 899. The first-order valence-electron chi connectivity index (χ1n) is 7.21. The number of fused-ring (bicyclic) bond motifs is 1. The van der Waals surface area contributed by atoms with E-state index in [-0.39, 0.29) is 6.54 Å². The van der Waals surface area contributed by atoms with Crippen molar-refractivity contribution in [1.82, 2.24) is 10.3 Å². The number of carbonyl (C=O) groups excluding carboxylic acids is 2. The number of aromatic nitrogens is 1. The Hall–Kier alpha value is -2.95. The van der Waals surface area contributed by atoms with Gasteiger partial charge in [0, 0.05) is 28.7 Å². The molecule has 116 valence electrons. The minimum Gasteiger partial charge on any atom is -0.358 e. The van der Waals surface area contributed by atoms with E-state index in [2.05, 4.69) is 10.3 Å². The van der Waals surface area contributed by atoms with Gasteiger partial charge in [0.2, 0.25) is 0 Å². The molecule has 1 aromatic heterocycles. The first-order chi connectivity index (χ1) is 11.1. The minimum absolute atomic E-state index is 0.0291. The summed E-state index contributed by atoms with van der Waals surface area (Å²) in [6, 6.07) is 13.4. The number of para-hydroxylation sites is 1. The van der Waals surface area contributed by atoms with E-state index < -0.39 is 17.5 Å². The summed E-state index contributed by atoms with van der Waals surface area (Å²) in [4.78, 5) is 27.6. The van der Waals surface area contributed by atoms with Gasteiger partial charge < -0.3 is 10.3 Å². The highest BCUT2D eigenvalue weighted by Crippen LogP contribution is 2.22. The monoisotopic (exact) mass is 310 g/mol. The first kappa shape index (κ1) is 15.0. The zero-order valence-corrected chi connectivity index (χ0v) is 12.5. The number of halogens is 1. The fourth-order valence-corrected chi connectivity index (χ4v) is 2.58. The number of Topliss-reactive ketones (excluding diaryl/α,β-unsaturated/α-hetero) is 1. The highest BCUT2D eigenvalue weighted by molar-refractivity contribution is 6.45. The van der Waals surface area contributed by atoms with Crippen LogP contribution in [0.5, 0.6) is 0 Å². The van der Waals surface area contributed by atoms with Gasteiger partial charge in [0.25, 0.3) is 11.7 Å². The van der Waals surface area contributed by atoms with Crippen LogP contribution in [-0.2, 0) is 11.3 Å². The number of nitrogens with one attached hydrogen (secondary N) is 2. The second-order valence-corrected chi connectivity index (χ2v) is 5.27. The van der Waals surface area contributed by atoms with Gasteiger partial charge in [-0.05, 0) is 19.1 Å².